The van der Waals surface area contributed by atoms with Crippen molar-refractivity contribution in [2.45, 2.75) is 6.92 Å². The van der Waals surface area contributed by atoms with Crippen LogP contribution in [0, 0.1) is 44.3 Å². The van der Waals surface area contributed by atoms with Gasteiger partial charge in [-0.25, -0.2) is 0 Å². The second-order valence-electron chi connectivity index (χ2n) is 1.14. The van der Waals surface area contributed by atoms with E-state index in [2.05, 4.69) is 0 Å². The minimum atomic E-state index is 0. The van der Waals surface area contributed by atoms with Gasteiger partial charge in [-0.1, -0.05) is 0 Å². The van der Waals surface area contributed by atoms with Gasteiger partial charge in [-0.3, -0.25) is 5.70 Å². The molecule has 0 saturated carbocycles. The van der Waals surface area contributed by atoms with Gasteiger partial charge in [-0.2, -0.15) is 0 Å². The van der Waals surface area contributed by atoms with Crippen molar-refractivity contribution in [2.75, 3.05) is 0 Å². The van der Waals surface area contributed by atoms with Gasteiger partial charge in [0.15, 0.2) is 0 Å². The van der Waals surface area contributed by atoms with Crippen LogP contribution in [0.5, 0.6) is 0 Å². The van der Waals surface area contributed by atoms with Crippen molar-refractivity contribution >= 4 is 0 Å². The molecule has 0 fully saturated rings. The van der Waals surface area contributed by atoms with E-state index in [9.17, 15) is 0 Å². The summed E-state index contributed by atoms with van der Waals surface area (Å²) < 4.78 is 0. The fraction of sp³-hybridized carbons (Fsp3) is 0.200. The largest absolute Gasteiger partial charge is 2.00 e. The molecule has 0 aromatic heterocycles. The van der Waals surface area contributed by atoms with Crippen LogP contribution in [0.3, 0.4) is 0 Å². The van der Waals surface area contributed by atoms with Crippen molar-refractivity contribution in [2.24, 2.45) is 5.73 Å². The molecule has 0 aliphatic rings. The van der Waals surface area contributed by atoms with Crippen LogP contribution in [0.25, 0.3) is 0 Å². The van der Waals surface area contributed by atoms with Crippen molar-refractivity contribution in [3.63, 3.8) is 0 Å². The quantitative estimate of drug-likeness (QED) is 0.557. The van der Waals surface area contributed by atoms with Gasteiger partial charge in [-0.05, 0) is 0 Å². The van der Waals surface area contributed by atoms with Crippen LogP contribution in [0.2, 0.25) is 0 Å². The van der Waals surface area contributed by atoms with Crippen LogP contribution in [0.15, 0.2) is 11.3 Å². The van der Waals surface area contributed by atoms with E-state index in [1.807, 2.05) is 0 Å². The van der Waals surface area contributed by atoms with Crippen LogP contribution in [0.4, 0.5) is 0 Å². The Morgan fingerprint density at radius 2 is 1.57 bits per heavy atom. The summed E-state index contributed by atoms with van der Waals surface area (Å²) in [5.41, 5.74) is 5.65. The molecule has 0 radical (unpaired) electrons. The topological polar surface area (TPSA) is 26.0 Å². The molecule has 2 N–H and O–H groups in total. The molecule has 0 aliphatic heterocycles. The molecule has 36 valence electrons. The summed E-state index contributed by atoms with van der Waals surface area (Å²) in [6.07, 6.45) is 0. The van der Waals surface area contributed by atoms with E-state index in [0.717, 1.165) is 0 Å². The summed E-state index contributed by atoms with van der Waals surface area (Å²) >= 11 is 0. The van der Waals surface area contributed by atoms with Crippen LogP contribution in [-0.4, -0.2) is 0 Å². The van der Waals surface area contributed by atoms with Crippen molar-refractivity contribution in [3.05, 3.63) is 24.4 Å². The molecule has 0 heterocycles. The van der Waals surface area contributed by atoms with Gasteiger partial charge in [0.1, 0.15) is 0 Å². The van der Waals surface area contributed by atoms with E-state index >= 15 is 0 Å². The standard InChI is InChI=1S/C5H7N.U/c1-4(2)5(3)6;/h1,3H,6H2,2H3;/q-2;+2. The molecule has 2 heteroatoms. The average molecular weight is 319 g/mol. The smallest absolute Gasteiger partial charge is 0.509 e. The van der Waals surface area contributed by atoms with E-state index in [1.165, 1.54) is 0 Å². The summed E-state index contributed by atoms with van der Waals surface area (Å²) in [5, 5.41) is 0. The fourth-order valence-electron chi connectivity index (χ4n) is 0. The zero-order valence-corrected chi connectivity index (χ0v) is 8.40. The Kier molecular flexibility index (Phi) is 6.63. The molecule has 0 bridgehead atoms. The summed E-state index contributed by atoms with van der Waals surface area (Å²) in [6, 6.07) is 0. The van der Waals surface area contributed by atoms with E-state index in [-0.39, 0.29) is 36.8 Å². The molecular weight excluding hydrogens is 312 g/mol. The monoisotopic (exact) mass is 319 g/mol. The van der Waals surface area contributed by atoms with Crippen molar-refractivity contribution in [3.8, 4) is 0 Å². The molecule has 0 aliphatic carbocycles. The maximum atomic E-state index is 5.06. The fourth-order valence-corrected chi connectivity index (χ4v) is 0. The Balaban J connectivity index is 0. The Hall–Kier alpha value is 0.332. The SMILES string of the molecule is [CH-]=C(C)C(=[CH-])N.[U+2]. The third-order valence-electron chi connectivity index (χ3n) is 0.455. The first-order valence-corrected chi connectivity index (χ1v) is 1.62. The summed E-state index contributed by atoms with van der Waals surface area (Å²) in [5.74, 6) is 0. The second kappa shape index (κ2) is 4.49. The molecule has 0 atom stereocenters. The Morgan fingerprint density at radius 1 is 1.43 bits per heavy atom. The van der Waals surface area contributed by atoms with Crippen LogP contribution in [0.1, 0.15) is 6.92 Å². The van der Waals surface area contributed by atoms with Gasteiger partial charge in [-0.15, -0.1) is 6.92 Å². The van der Waals surface area contributed by atoms with E-state index in [0.29, 0.717) is 5.57 Å². The van der Waals surface area contributed by atoms with Gasteiger partial charge in [0, 0.05) is 0 Å². The molecule has 7 heavy (non-hydrogen) atoms. The van der Waals surface area contributed by atoms with Crippen molar-refractivity contribution in [1.82, 2.24) is 0 Å². The Labute approximate surface area is 68.0 Å². The third kappa shape index (κ3) is 6.33. The number of rotatable bonds is 1. The number of hydrogen-bond acceptors (Lipinski definition) is 1. The zero-order chi connectivity index (χ0) is 5.15. The van der Waals surface area contributed by atoms with Gasteiger partial charge >= 0.3 is 31.1 Å². The first-order valence-electron chi connectivity index (χ1n) is 1.62. The molecule has 0 aromatic carbocycles. The molecule has 1 nitrogen and oxygen atoms in total. The normalized spacial score (nSPS) is 6.43. The van der Waals surface area contributed by atoms with E-state index < -0.39 is 0 Å². The minimum absolute atomic E-state index is 0. The molecule has 0 unspecified atom stereocenters. The van der Waals surface area contributed by atoms with E-state index in [4.69, 9.17) is 18.9 Å². The predicted molar refractivity (Wildman–Crippen MR) is 25.5 cm³/mol. The Morgan fingerprint density at radius 3 is 1.57 bits per heavy atom. The molecule has 0 saturated heterocycles. The first-order chi connectivity index (χ1) is 2.64. The van der Waals surface area contributed by atoms with Crippen LogP contribution < -0.4 is 5.73 Å². The van der Waals surface area contributed by atoms with Gasteiger partial charge < -0.3 is 24.5 Å². The number of allylic oxidation sites excluding steroid dienone is 1. The molecule has 0 rings (SSSR count). The van der Waals surface area contributed by atoms with Gasteiger partial charge in [0.05, 0.1) is 0 Å². The van der Waals surface area contributed by atoms with Gasteiger partial charge in [0.25, 0.3) is 0 Å². The van der Waals surface area contributed by atoms with Gasteiger partial charge in [0.2, 0.25) is 0 Å². The molecule has 0 amide bonds. The zero-order valence-electron chi connectivity index (χ0n) is 4.23. The molecular formula is C5H7NU. The van der Waals surface area contributed by atoms with E-state index in [1.54, 1.807) is 6.92 Å². The summed E-state index contributed by atoms with van der Waals surface area (Å²) in [4.78, 5) is 0. The van der Waals surface area contributed by atoms with Crippen LogP contribution >= 0.6 is 0 Å². The maximum Gasteiger partial charge on any atom is 2.00 e. The third-order valence-corrected chi connectivity index (χ3v) is 0.455. The average Bonchev–Trinajstić information content (AvgIpc) is 1.36. The summed E-state index contributed by atoms with van der Waals surface area (Å²) in [7, 11) is 0. The number of nitrogens with two attached hydrogens (primary N) is 1. The predicted octanol–water partition coefficient (Wildman–Crippen LogP) is 0.641. The maximum absolute atomic E-state index is 5.06. The number of hydrogen-bond donors (Lipinski definition) is 1. The second-order valence-corrected chi connectivity index (χ2v) is 1.14. The Bertz CT molecular complexity index is 74.1. The first kappa shape index (κ1) is 10.3. The molecule has 0 spiro atoms. The minimum Gasteiger partial charge on any atom is -0.509 e. The van der Waals surface area contributed by atoms with Crippen molar-refractivity contribution < 1.29 is 31.1 Å². The van der Waals surface area contributed by atoms with Crippen molar-refractivity contribution in [1.29, 1.82) is 0 Å². The summed E-state index contributed by atoms with van der Waals surface area (Å²) in [6.45, 7) is 11.7. The van der Waals surface area contributed by atoms with Crippen LogP contribution in [-0.2, 0) is 0 Å². The molecule has 0 aromatic rings.